The maximum Gasteiger partial charge on any atom is 0.0675 e. The first-order valence-electron chi connectivity index (χ1n) is 8.07. The summed E-state index contributed by atoms with van der Waals surface area (Å²) in [6.07, 6.45) is 8.49. The van der Waals surface area contributed by atoms with E-state index in [0.29, 0.717) is 0 Å². The molecule has 0 spiro atoms. The monoisotopic (exact) mass is 314 g/mol. The van der Waals surface area contributed by atoms with E-state index >= 15 is 0 Å². The van der Waals surface area contributed by atoms with E-state index in [4.69, 9.17) is 0 Å². The molecule has 3 heteroatoms. The number of aryl methyl sites for hydroxylation is 1. The highest BCUT2D eigenvalue weighted by atomic mass is 32.2. The average molecular weight is 314 g/mol. The highest BCUT2D eigenvalue weighted by molar-refractivity contribution is 7.98. The number of anilines is 2. The predicted octanol–water partition coefficient (Wildman–Crippen LogP) is 5.97. The number of para-hydroxylation sites is 1. The van der Waals surface area contributed by atoms with Gasteiger partial charge in [0.1, 0.15) is 0 Å². The molecule has 2 N–H and O–H groups in total. The highest BCUT2D eigenvalue weighted by Gasteiger charge is 2.00. The second-order valence-corrected chi connectivity index (χ2v) is 6.31. The van der Waals surface area contributed by atoms with Gasteiger partial charge in [0.25, 0.3) is 0 Å². The van der Waals surface area contributed by atoms with Crippen LogP contribution in [0.2, 0.25) is 0 Å². The van der Waals surface area contributed by atoms with Crippen LogP contribution in [0.1, 0.15) is 38.2 Å². The fraction of sp³-hybridized carbons (Fsp3) is 0.368. The fourth-order valence-corrected chi connectivity index (χ4v) is 3.00. The molecule has 0 amide bonds. The lowest BCUT2D eigenvalue weighted by Gasteiger charge is -2.13. The molecule has 0 aliphatic carbocycles. The minimum absolute atomic E-state index is 1.11. The Balaban J connectivity index is 1.90. The lowest BCUT2D eigenvalue weighted by atomic mass is 10.1. The predicted molar refractivity (Wildman–Crippen MR) is 99.8 cm³/mol. The van der Waals surface area contributed by atoms with E-state index in [1.807, 2.05) is 6.07 Å². The molecule has 0 radical (unpaired) electrons. The largest absolute Gasteiger partial charge is 0.301 e. The van der Waals surface area contributed by atoms with Crippen molar-refractivity contribution in [2.45, 2.75) is 43.9 Å². The van der Waals surface area contributed by atoms with Crippen molar-refractivity contribution in [1.29, 1.82) is 0 Å². The minimum atomic E-state index is 1.11. The van der Waals surface area contributed by atoms with Crippen LogP contribution >= 0.6 is 11.8 Å². The SMILES string of the molecule is CCCCCCc1cccc(NNc2ccccc2SC)c1. The number of unbranched alkanes of at least 4 members (excludes halogenated alkanes) is 3. The quantitative estimate of drug-likeness (QED) is 0.339. The molecule has 0 atom stereocenters. The third-order valence-electron chi connectivity index (χ3n) is 3.69. The lowest BCUT2D eigenvalue weighted by Crippen LogP contribution is -2.09. The molecule has 2 nitrogen and oxygen atoms in total. The molecule has 0 heterocycles. The summed E-state index contributed by atoms with van der Waals surface area (Å²) in [6.45, 7) is 2.25. The zero-order chi connectivity index (χ0) is 15.6. The van der Waals surface area contributed by atoms with Crippen LogP contribution in [0.3, 0.4) is 0 Å². The van der Waals surface area contributed by atoms with Gasteiger partial charge in [0, 0.05) is 4.90 Å². The number of benzene rings is 2. The Hall–Kier alpha value is -1.61. The van der Waals surface area contributed by atoms with Gasteiger partial charge in [0.05, 0.1) is 11.4 Å². The van der Waals surface area contributed by atoms with E-state index in [1.54, 1.807) is 11.8 Å². The normalized spacial score (nSPS) is 10.5. The summed E-state index contributed by atoms with van der Waals surface area (Å²) in [5, 5.41) is 0. The maximum atomic E-state index is 3.31. The van der Waals surface area contributed by atoms with Gasteiger partial charge in [-0.25, -0.2) is 0 Å². The molecule has 0 unspecified atom stereocenters. The van der Waals surface area contributed by atoms with Crippen LogP contribution in [0.25, 0.3) is 0 Å². The van der Waals surface area contributed by atoms with Crippen molar-refractivity contribution in [2.24, 2.45) is 0 Å². The molecular weight excluding hydrogens is 288 g/mol. The van der Waals surface area contributed by atoms with E-state index in [1.165, 1.54) is 36.1 Å². The second kappa shape index (κ2) is 9.42. The third-order valence-corrected chi connectivity index (χ3v) is 4.49. The molecule has 0 aliphatic heterocycles. The average Bonchev–Trinajstić information content (AvgIpc) is 2.57. The number of nitrogens with one attached hydrogen (secondary N) is 2. The topological polar surface area (TPSA) is 24.1 Å². The first-order chi connectivity index (χ1) is 10.8. The summed E-state index contributed by atoms with van der Waals surface area (Å²) in [6, 6.07) is 17.0. The minimum Gasteiger partial charge on any atom is -0.301 e. The smallest absolute Gasteiger partial charge is 0.0675 e. The van der Waals surface area contributed by atoms with Gasteiger partial charge >= 0.3 is 0 Å². The summed E-state index contributed by atoms with van der Waals surface area (Å²) in [7, 11) is 0. The number of thioether (sulfide) groups is 1. The van der Waals surface area contributed by atoms with Crippen molar-refractivity contribution in [3.05, 3.63) is 54.1 Å². The van der Waals surface area contributed by atoms with Crippen molar-refractivity contribution in [3.8, 4) is 0 Å². The van der Waals surface area contributed by atoms with Crippen LogP contribution in [0, 0.1) is 0 Å². The Morgan fingerprint density at radius 3 is 2.59 bits per heavy atom. The number of hydrazine groups is 1. The Kier molecular flexibility index (Phi) is 7.17. The Morgan fingerprint density at radius 1 is 0.909 bits per heavy atom. The van der Waals surface area contributed by atoms with E-state index in [0.717, 1.165) is 17.8 Å². The molecule has 2 rings (SSSR count). The van der Waals surface area contributed by atoms with E-state index in [-0.39, 0.29) is 0 Å². The van der Waals surface area contributed by atoms with Gasteiger partial charge in [-0.2, -0.15) is 0 Å². The van der Waals surface area contributed by atoms with Gasteiger partial charge in [-0.05, 0) is 48.9 Å². The molecule has 2 aromatic rings. The molecule has 0 saturated heterocycles. The van der Waals surface area contributed by atoms with Gasteiger partial charge in [-0.1, -0.05) is 50.5 Å². The third kappa shape index (κ3) is 5.30. The molecule has 118 valence electrons. The summed E-state index contributed by atoms with van der Waals surface area (Å²) in [5.41, 5.74) is 10.3. The van der Waals surface area contributed by atoms with Gasteiger partial charge < -0.3 is 5.43 Å². The number of hydrogen-bond donors (Lipinski definition) is 2. The van der Waals surface area contributed by atoms with E-state index < -0.39 is 0 Å². The van der Waals surface area contributed by atoms with Crippen LogP contribution in [-0.2, 0) is 6.42 Å². The van der Waals surface area contributed by atoms with Crippen molar-refractivity contribution >= 4 is 23.1 Å². The second-order valence-electron chi connectivity index (χ2n) is 5.46. The van der Waals surface area contributed by atoms with Crippen LogP contribution in [0.15, 0.2) is 53.4 Å². The van der Waals surface area contributed by atoms with E-state index in [9.17, 15) is 0 Å². The molecular formula is C19H26N2S. The Labute approximate surface area is 138 Å². The summed E-state index contributed by atoms with van der Waals surface area (Å²) in [5.74, 6) is 0. The summed E-state index contributed by atoms with van der Waals surface area (Å²) in [4.78, 5) is 1.24. The standard InChI is InChI=1S/C19H26N2S/c1-3-4-5-6-10-16-11-9-12-17(15-16)20-21-18-13-7-8-14-19(18)22-2/h7-9,11-15,20-21H,3-6,10H2,1-2H3. The first-order valence-corrected chi connectivity index (χ1v) is 9.30. The van der Waals surface area contributed by atoms with Crippen LogP contribution in [-0.4, -0.2) is 6.26 Å². The fourth-order valence-electron chi connectivity index (χ4n) is 2.45. The molecule has 22 heavy (non-hydrogen) atoms. The van der Waals surface area contributed by atoms with Crippen molar-refractivity contribution in [2.75, 3.05) is 17.1 Å². The Morgan fingerprint density at radius 2 is 1.77 bits per heavy atom. The first kappa shape index (κ1) is 16.8. The maximum absolute atomic E-state index is 3.31. The number of hydrogen-bond acceptors (Lipinski definition) is 3. The molecule has 0 aromatic heterocycles. The molecule has 0 aliphatic rings. The lowest BCUT2D eigenvalue weighted by molar-refractivity contribution is 0.667. The van der Waals surface area contributed by atoms with E-state index in [2.05, 4.69) is 66.5 Å². The number of rotatable bonds is 9. The summed E-state index contributed by atoms with van der Waals surface area (Å²) >= 11 is 1.75. The molecule has 0 saturated carbocycles. The van der Waals surface area contributed by atoms with Gasteiger partial charge in [0.2, 0.25) is 0 Å². The van der Waals surface area contributed by atoms with Gasteiger partial charge in [0.15, 0.2) is 0 Å². The van der Waals surface area contributed by atoms with Gasteiger partial charge in [-0.3, -0.25) is 5.43 Å². The molecule has 0 fully saturated rings. The molecule has 2 aromatic carbocycles. The van der Waals surface area contributed by atoms with Crippen LogP contribution < -0.4 is 10.9 Å². The van der Waals surface area contributed by atoms with Gasteiger partial charge in [-0.15, -0.1) is 11.8 Å². The highest BCUT2D eigenvalue weighted by Crippen LogP contribution is 2.24. The zero-order valence-electron chi connectivity index (χ0n) is 13.6. The van der Waals surface area contributed by atoms with Crippen molar-refractivity contribution < 1.29 is 0 Å². The zero-order valence-corrected chi connectivity index (χ0v) is 14.4. The van der Waals surface area contributed by atoms with Crippen LogP contribution in [0.4, 0.5) is 11.4 Å². The van der Waals surface area contributed by atoms with Crippen molar-refractivity contribution in [3.63, 3.8) is 0 Å². The molecule has 0 bridgehead atoms. The summed E-state index contributed by atoms with van der Waals surface area (Å²) < 4.78 is 0. The Bertz CT molecular complexity index is 569. The van der Waals surface area contributed by atoms with Crippen molar-refractivity contribution in [1.82, 2.24) is 0 Å². The van der Waals surface area contributed by atoms with Crippen LogP contribution in [0.5, 0.6) is 0 Å².